The number of para-hydroxylation sites is 1. The topological polar surface area (TPSA) is 97.8 Å². The number of ether oxygens (including phenoxy) is 1. The van der Waals surface area contributed by atoms with E-state index in [9.17, 15) is 18.0 Å². The molecule has 0 aliphatic carbocycles. The first kappa shape index (κ1) is 24.7. The molecule has 37 heavy (non-hydrogen) atoms. The summed E-state index contributed by atoms with van der Waals surface area (Å²) in [6.07, 6.45) is -4.03. The van der Waals surface area contributed by atoms with Crippen LogP contribution in [0.2, 0.25) is 0 Å². The molecule has 11 heteroatoms. The zero-order chi connectivity index (χ0) is 26.5. The normalized spacial score (nSPS) is 21.8. The lowest BCUT2D eigenvalue weighted by atomic mass is 9.83. The van der Waals surface area contributed by atoms with Crippen LogP contribution in [0.15, 0.2) is 53.5 Å². The van der Waals surface area contributed by atoms with Crippen LogP contribution in [-0.4, -0.2) is 46.0 Å². The Hall–Kier alpha value is -4.02. The van der Waals surface area contributed by atoms with E-state index in [1.165, 1.54) is 18.2 Å². The molecule has 2 aromatic carbocycles. The van der Waals surface area contributed by atoms with Crippen molar-refractivity contribution in [1.82, 2.24) is 15.1 Å². The van der Waals surface area contributed by atoms with E-state index in [4.69, 9.17) is 5.73 Å². The molecule has 2 aliphatic heterocycles. The van der Waals surface area contributed by atoms with Crippen LogP contribution in [0.25, 0.3) is 11.3 Å². The van der Waals surface area contributed by atoms with Gasteiger partial charge in [-0.25, -0.2) is 0 Å². The first-order chi connectivity index (χ1) is 17.5. The summed E-state index contributed by atoms with van der Waals surface area (Å²) >= 11 is 0. The first-order valence-electron chi connectivity index (χ1n) is 11.9. The van der Waals surface area contributed by atoms with E-state index >= 15 is 0 Å². The Morgan fingerprint density at radius 3 is 2.62 bits per heavy atom. The number of hydrogen-bond acceptors (Lipinski definition) is 6. The minimum Gasteiger partial charge on any atom is -0.405 e. The quantitative estimate of drug-likeness (QED) is 0.547. The van der Waals surface area contributed by atoms with E-state index in [1.54, 1.807) is 10.7 Å². The van der Waals surface area contributed by atoms with Crippen LogP contribution in [0.1, 0.15) is 30.9 Å². The van der Waals surface area contributed by atoms with Gasteiger partial charge in [0.25, 0.3) is 5.91 Å². The number of piperidine rings is 1. The Morgan fingerprint density at radius 1 is 1.19 bits per heavy atom. The van der Waals surface area contributed by atoms with E-state index in [-0.39, 0.29) is 23.3 Å². The van der Waals surface area contributed by atoms with Gasteiger partial charge in [0.15, 0.2) is 0 Å². The number of rotatable bonds is 4. The number of aryl methyl sites for hydroxylation is 1. The third-order valence-electron chi connectivity index (χ3n) is 7.05. The molecule has 1 spiro atoms. The summed E-state index contributed by atoms with van der Waals surface area (Å²) in [5.74, 6) is -0.138. The molecule has 0 saturated carbocycles. The SMILES string of the molecule is Cc1c(N)nn(C)c1-c1cccc(N2CC[C@]3(C[C@@H]2C)N=C(c2ccccc2OC(F)(F)F)NC3=O)c1. The van der Waals surface area contributed by atoms with Crippen molar-refractivity contribution in [3.05, 3.63) is 59.7 Å². The number of amidine groups is 1. The number of aromatic nitrogens is 2. The van der Waals surface area contributed by atoms with Crippen LogP contribution in [-0.2, 0) is 11.8 Å². The van der Waals surface area contributed by atoms with Crippen molar-refractivity contribution in [1.29, 1.82) is 0 Å². The second-order valence-electron chi connectivity index (χ2n) is 9.52. The Labute approximate surface area is 211 Å². The van der Waals surface area contributed by atoms with Gasteiger partial charge in [0.1, 0.15) is 22.9 Å². The number of nitrogens with two attached hydrogens (primary N) is 1. The van der Waals surface area contributed by atoms with Gasteiger partial charge in [0.05, 0.1) is 11.3 Å². The molecule has 3 aromatic rings. The molecule has 0 unspecified atom stereocenters. The highest BCUT2D eigenvalue weighted by Gasteiger charge is 2.48. The van der Waals surface area contributed by atoms with Crippen molar-refractivity contribution in [3.8, 4) is 17.0 Å². The fourth-order valence-electron chi connectivity index (χ4n) is 5.32. The predicted molar refractivity (Wildman–Crippen MR) is 134 cm³/mol. The van der Waals surface area contributed by atoms with Crippen molar-refractivity contribution in [3.63, 3.8) is 0 Å². The average molecular weight is 513 g/mol. The van der Waals surface area contributed by atoms with Gasteiger partial charge < -0.3 is 20.7 Å². The molecule has 2 atom stereocenters. The average Bonchev–Trinajstić information content (AvgIpc) is 3.27. The second kappa shape index (κ2) is 8.82. The number of carbonyl (C=O) groups excluding carboxylic acids is 1. The van der Waals surface area contributed by atoms with Crippen LogP contribution in [0.3, 0.4) is 0 Å². The highest BCUT2D eigenvalue weighted by Crippen LogP contribution is 2.39. The smallest absolute Gasteiger partial charge is 0.405 e. The van der Waals surface area contributed by atoms with Crippen LogP contribution in [0.4, 0.5) is 24.7 Å². The third-order valence-corrected chi connectivity index (χ3v) is 7.05. The zero-order valence-electron chi connectivity index (χ0n) is 20.6. The molecule has 0 bridgehead atoms. The van der Waals surface area contributed by atoms with E-state index in [0.717, 1.165) is 22.5 Å². The van der Waals surface area contributed by atoms with Gasteiger partial charge >= 0.3 is 6.36 Å². The summed E-state index contributed by atoms with van der Waals surface area (Å²) in [7, 11) is 1.85. The largest absolute Gasteiger partial charge is 0.573 e. The molecular weight excluding hydrogens is 485 g/mol. The van der Waals surface area contributed by atoms with Gasteiger partial charge in [-0.1, -0.05) is 24.3 Å². The molecule has 1 aromatic heterocycles. The Bertz CT molecular complexity index is 1400. The van der Waals surface area contributed by atoms with E-state index in [0.29, 0.717) is 25.2 Å². The van der Waals surface area contributed by atoms with E-state index in [1.807, 2.05) is 39.1 Å². The van der Waals surface area contributed by atoms with Gasteiger partial charge in [0.2, 0.25) is 0 Å². The lowest BCUT2D eigenvalue weighted by molar-refractivity contribution is -0.274. The molecule has 1 amide bonds. The number of anilines is 2. The summed E-state index contributed by atoms with van der Waals surface area (Å²) in [5, 5.41) is 7.01. The molecule has 3 heterocycles. The number of amides is 1. The number of nitrogens with zero attached hydrogens (tertiary/aromatic N) is 4. The van der Waals surface area contributed by atoms with Crippen molar-refractivity contribution in [2.75, 3.05) is 17.2 Å². The molecule has 0 radical (unpaired) electrons. The molecule has 5 rings (SSSR count). The van der Waals surface area contributed by atoms with Crippen molar-refractivity contribution < 1.29 is 22.7 Å². The van der Waals surface area contributed by atoms with Crippen LogP contribution < -0.4 is 20.7 Å². The maximum atomic E-state index is 13.1. The number of halogens is 3. The molecule has 194 valence electrons. The zero-order valence-corrected chi connectivity index (χ0v) is 20.6. The fourth-order valence-corrected chi connectivity index (χ4v) is 5.32. The standard InChI is InChI=1S/C26H27F3N6O2/c1-15-14-25(24(36)31-23(32-25)19-9-4-5-10-20(19)37-26(27,28)29)11-12-35(15)18-8-6-7-17(13-18)21-16(2)22(30)33-34(21)3/h4-10,13,15H,11-12,14H2,1-3H3,(H2,30,33)(H,31,32,36)/t15-,25+/m0/s1. The molecule has 1 fully saturated rings. The predicted octanol–water partition coefficient (Wildman–Crippen LogP) is 4.18. The van der Waals surface area contributed by atoms with E-state index in [2.05, 4.69) is 31.1 Å². The molecular formula is C26H27F3N6O2. The first-order valence-corrected chi connectivity index (χ1v) is 11.9. The monoisotopic (exact) mass is 512 g/mol. The molecule has 2 aliphatic rings. The highest BCUT2D eigenvalue weighted by molar-refractivity contribution is 6.16. The lowest BCUT2D eigenvalue weighted by Crippen LogP contribution is -2.53. The second-order valence-corrected chi connectivity index (χ2v) is 9.52. The van der Waals surface area contributed by atoms with Crippen molar-refractivity contribution in [2.24, 2.45) is 12.0 Å². The summed E-state index contributed by atoms with van der Waals surface area (Å²) < 4.78 is 44.6. The highest BCUT2D eigenvalue weighted by atomic mass is 19.4. The Morgan fingerprint density at radius 2 is 1.95 bits per heavy atom. The van der Waals surface area contributed by atoms with Gasteiger partial charge in [-0.3, -0.25) is 14.5 Å². The Balaban J connectivity index is 1.40. The van der Waals surface area contributed by atoms with Crippen LogP contribution in [0.5, 0.6) is 5.75 Å². The number of nitrogens with one attached hydrogen (secondary N) is 1. The van der Waals surface area contributed by atoms with E-state index < -0.39 is 17.7 Å². The summed E-state index contributed by atoms with van der Waals surface area (Å²) in [6.45, 7) is 4.49. The molecule has 1 saturated heterocycles. The number of carbonyl (C=O) groups is 1. The van der Waals surface area contributed by atoms with Gasteiger partial charge in [-0.2, -0.15) is 5.10 Å². The van der Waals surface area contributed by atoms with Gasteiger partial charge in [-0.15, -0.1) is 13.2 Å². The number of hydrogen-bond donors (Lipinski definition) is 2. The minimum atomic E-state index is -4.86. The summed E-state index contributed by atoms with van der Waals surface area (Å²) in [4.78, 5) is 20.0. The maximum Gasteiger partial charge on any atom is 0.573 e. The number of aliphatic imine (C=N–C) groups is 1. The van der Waals surface area contributed by atoms with Crippen LogP contribution >= 0.6 is 0 Å². The van der Waals surface area contributed by atoms with Crippen molar-refractivity contribution in [2.45, 2.75) is 44.6 Å². The van der Waals surface area contributed by atoms with Crippen molar-refractivity contribution >= 4 is 23.2 Å². The summed E-state index contributed by atoms with van der Waals surface area (Å²) in [6, 6.07) is 13.7. The summed E-state index contributed by atoms with van der Waals surface area (Å²) in [5.41, 5.74) is 8.85. The van der Waals surface area contributed by atoms with Crippen LogP contribution in [0, 0.1) is 6.92 Å². The van der Waals surface area contributed by atoms with Gasteiger partial charge in [-0.05, 0) is 44.5 Å². The van der Waals surface area contributed by atoms with Gasteiger partial charge in [0, 0.05) is 42.9 Å². The molecule has 3 N–H and O–H groups in total. The minimum absolute atomic E-state index is 0.0581. The number of alkyl halides is 3. The number of nitrogen functional groups attached to an aromatic ring is 1. The third kappa shape index (κ3) is 4.49. The lowest BCUT2D eigenvalue weighted by Gasteiger charge is -2.42. The fraction of sp³-hybridized carbons (Fsp3) is 0.346. The Kier molecular flexibility index (Phi) is 5.88. The number of benzene rings is 2. The maximum absolute atomic E-state index is 13.1. The molecule has 8 nitrogen and oxygen atoms in total.